The minimum atomic E-state index is -0.0491. The molecule has 1 aromatic heterocycles. The van der Waals surface area contributed by atoms with E-state index < -0.39 is 0 Å². The van der Waals surface area contributed by atoms with Gasteiger partial charge in [0.25, 0.3) is 0 Å². The monoisotopic (exact) mass is 271 g/mol. The van der Waals surface area contributed by atoms with Crippen molar-refractivity contribution in [3.05, 3.63) is 5.28 Å². The van der Waals surface area contributed by atoms with Gasteiger partial charge in [-0.15, -0.1) is 0 Å². The number of nitrogens with one attached hydrogen (secondary N) is 1. The molecule has 0 saturated carbocycles. The van der Waals surface area contributed by atoms with Crippen molar-refractivity contribution in [1.82, 2.24) is 15.0 Å². The fraction of sp³-hybridized carbons (Fsp3) is 0.727. The zero-order valence-corrected chi connectivity index (χ0v) is 11.7. The number of nitrogens with zero attached hydrogens (tertiary/aromatic N) is 4. The highest BCUT2D eigenvalue weighted by Crippen LogP contribution is 2.24. The summed E-state index contributed by atoms with van der Waals surface area (Å²) < 4.78 is 5.36. The van der Waals surface area contributed by atoms with Crippen molar-refractivity contribution < 1.29 is 4.74 Å². The molecule has 1 aliphatic heterocycles. The molecule has 0 aliphatic carbocycles. The third-order valence-electron chi connectivity index (χ3n) is 3.01. The third-order valence-corrected chi connectivity index (χ3v) is 3.18. The number of hydrogen-bond acceptors (Lipinski definition) is 6. The first-order valence-corrected chi connectivity index (χ1v) is 6.31. The van der Waals surface area contributed by atoms with E-state index in [2.05, 4.69) is 27.2 Å². The van der Waals surface area contributed by atoms with Gasteiger partial charge in [0.05, 0.1) is 0 Å². The summed E-state index contributed by atoms with van der Waals surface area (Å²) in [6.07, 6.45) is 1.85. The molecule has 100 valence electrons. The van der Waals surface area contributed by atoms with Gasteiger partial charge < -0.3 is 15.0 Å². The largest absolute Gasteiger partial charge is 0.381 e. The van der Waals surface area contributed by atoms with E-state index in [0.717, 1.165) is 26.1 Å². The first-order valence-electron chi connectivity index (χ1n) is 5.93. The highest BCUT2D eigenvalue weighted by Gasteiger charge is 2.28. The van der Waals surface area contributed by atoms with E-state index in [1.807, 2.05) is 14.1 Å². The summed E-state index contributed by atoms with van der Waals surface area (Å²) in [5.74, 6) is 1.07. The summed E-state index contributed by atoms with van der Waals surface area (Å²) in [4.78, 5) is 14.3. The van der Waals surface area contributed by atoms with Crippen molar-refractivity contribution in [1.29, 1.82) is 0 Å². The predicted octanol–water partition coefficient (Wildman–Crippen LogP) is 1.57. The summed E-state index contributed by atoms with van der Waals surface area (Å²) in [6.45, 7) is 3.65. The van der Waals surface area contributed by atoms with Crippen LogP contribution in [0.5, 0.6) is 0 Å². The number of hydrogen-bond donors (Lipinski definition) is 1. The Hall–Kier alpha value is -1.14. The van der Waals surface area contributed by atoms with Gasteiger partial charge in [0.1, 0.15) is 0 Å². The SMILES string of the molecule is CN(C)c1nc(Cl)nc(NC2(C)CCOCC2)n1. The van der Waals surface area contributed by atoms with E-state index in [9.17, 15) is 0 Å². The molecule has 0 bridgehead atoms. The van der Waals surface area contributed by atoms with Crippen LogP contribution in [0.1, 0.15) is 19.8 Å². The molecule has 0 radical (unpaired) electrons. The molecule has 6 nitrogen and oxygen atoms in total. The van der Waals surface area contributed by atoms with Crippen molar-refractivity contribution in [3.63, 3.8) is 0 Å². The van der Waals surface area contributed by atoms with Gasteiger partial charge in [-0.2, -0.15) is 15.0 Å². The molecular weight excluding hydrogens is 254 g/mol. The van der Waals surface area contributed by atoms with Gasteiger partial charge in [0.2, 0.25) is 17.2 Å². The van der Waals surface area contributed by atoms with E-state index in [4.69, 9.17) is 16.3 Å². The van der Waals surface area contributed by atoms with Crippen LogP contribution in [0.15, 0.2) is 0 Å². The molecule has 1 N–H and O–H groups in total. The fourth-order valence-corrected chi connectivity index (χ4v) is 1.97. The van der Waals surface area contributed by atoms with Gasteiger partial charge in [0, 0.05) is 32.8 Å². The topological polar surface area (TPSA) is 63.2 Å². The minimum absolute atomic E-state index is 0.0491. The molecule has 0 unspecified atom stereocenters. The Morgan fingerprint density at radius 1 is 1.22 bits per heavy atom. The molecule has 18 heavy (non-hydrogen) atoms. The molecule has 7 heteroatoms. The molecule has 1 saturated heterocycles. The lowest BCUT2D eigenvalue weighted by Crippen LogP contribution is -2.41. The van der Waals surface area contributed by atoms with Crippen LogP contribution in [0.25, 0.3) is 0 Å². The molecule has 1 aromatic rings. The van der Waals surface area contributed by atoms with Gasteiger partial charge in [0.15, 0.2) is 0 Å². The number of halogens is 1. The summed E-state index contributed by atoms with van der Waals surface area (Å²) in [6, 6.07) is 0. The van der Waals surface area contributed by atoms with Crippen molar-refractivity contribution >= 4 is 23.5 Å². The summed E-state index contributed by atoms with van der Waals surface area (Å²) in [7, 11) is 3.73. The van der Waals surface area contributed by atoms with Gasteiger partial charge in [-0.25, -0.2) is 0 Å². The number of aromatic nitrogens is 3. The Bertz CT molecular complexity index is 420. The van der Waals surface area contributed by atoms with Gasteiger partial charge in [-0.1, -0.05) is 0 Å². The molecule has 2 heterocycles. The van der Waals surface area contributed by atoms with Crippen LogP contribution in [-0.4, -0.2) is 47.8 Å². The van der Waals surface area contributed by atoms with Crippen LogP contribution in [0, 0.1) is 0 Å². The Morgan fingerprint density at radius 2 is 1.89 bits per heavy atom. The molecular formula is C11H18ClN5O. The molecule has 1 aliphatic rings. The average molecular weight is 272 g/mol. The maximum atomic E-state index is 5.90. The third kappa shape index (κ3) is 3.20. The second-order valence-electron chi connectivity index (χ2n) is 4.92. The van der Waals surface area contributed by atoms with Crippen LogP contribution in [0.3, 0.4) is 0 Å². The van der Waals surface area contributed by atoms with Gasteiger partial charge in [-0.3, -0.25) is 0 Å². The number of anilines is 2. The molecule has 0 aromatic carbocycles. The lowest BCUT2D eigenvalue weighted by molar-refractivity contribution is 0.0656. The first-order chi connectivity index (χ1) is 8.48. The van der Waals surface area contributed by atoms with Crippen LogP contribution in [-0.2, 0) is 4.74 Å². The van der Waals surface area contributed by atoms with Crippen LogP contribution >= 0.6 is 11.6 Å². The van der Waals surface area contributed by atoms with Crippen LogP contribution in [0.4, 0.5) is 11.9 Å². The van der Waals surface area contributed by atoms with E-state index in [1.54, 1.807) is 4.90 Å². The van der Waals surface area contributed by atoms with Crippen molar-refractivity contribution in [2.24, 2.45) is 0 Å². The first kappa shape index (κ1) is 13.3. The smallest absolute Gasteiger partial charge is 0.230 e. The lowest BCUT2D eigenvalue weighted by atomic mass is 9.93. The van der Waals surface area contributed by atoms with E-state index in [0.29, 0.717) is 11.9 Å². The highest BCUT2D eigenvalue weighted by atomic mass is 35.5. The standard InChI is InChI=1S/C11H18ClN5O/c1-11(4-6-18-7-5-11)16-9-13-8(12)14-10(15-9)17(2)3/h4-7H2,1-3H3,(H,13,14,15,16). The molecule has 0 atom stereocenters. The summed E-state index contributed by atoms with van der Waals surface area (Å²) in [5, 5.41) is 3.54. The normalized spacial score (nSPS) is 18.4. The number of ether oxygens (including phenoxy) is 1. The Kier molecular flexibility index (Phi) is 3.87. The number of rotatable bonds is 3. The second-order valence-corrected chi connectivity index (χ2v) is 5.26. The van der Waals surface area contributed by atoms with E-state index in [-0.39, 0.29) is 10.8 Å². The van der Waals surface area contributed by atoms with E-state index >= 15 is 0 Å². The average Bonchev–Trinajstić information content (AvgIpc) is 2.28. The van der Waals surface area contributed by atoms with Crippen molar-refractivity contribution in [2.75, 3.05) is 37.5 Å². The minimum Gasteiger partial charge on any atom is -0.381 e. The van der Waals surface area contributed by atoms with Gasteiger partial charge >= 0.3 is 0 Å². The van der Waals surface area contributed by atoms with Crippen LogP contribution in [0.2, 0.25) is 5.28 Å². The Balaban J connectivity index is 2.17. The molecule has 1 fully saturated rings. The summed E-state index contributed by atoms with van der Waals surface area (Å²) in [5.41, 5.74) is -0.0491. The summed E-state index contributed by atoms with van der Waals surface area (Å²) >= 11 is 5.90. The Labute approximate surface area is 112 Å². The zero-order chi connectivity index (χ0) is 13.2. The lowest BCUT2D eigenvalue weighted by Gasteiger charge is -2.34. The predicted molar refractivity (Wildman–Crippen MR) is 71.2 cm³/mol. The fourth-order valence-electron chi connectivity index (χ4n) is 1.81. The van der Waals surface area contributed by atoms with Crippen molar-refractivity contribution in [3.8, 4) is 0 Å². The second kappa shape index (κ2) is 5.24. The highest BCUT2D eigenvalue weighted by molar-refractivity contribution is 6.28. The molecule has 2 rings (SSSR count). The maximum absolute atomic E-state index is 5.90. The van der Waals surface area contributed by atoms with Crippen LogP contribution < -0.4 is 10.2 Å². The quantitative estimate of drug-likeness (QED) is 0.900. The Morgan fingerprint density at radius 3 is 2.50 bits per heavy atom. The van der Waals surface area contributed by atoms with E-state index in [1.165, 1.54) is 0 Å². The van der Waals surface area contributed by atoms with Crippen molar-refractivity contribution in [2.45, 2.75) is 25.3 Å². The molecule has 0 spiro atoms. The maximum Gasteiger partial charge on any atom is 0.230 e. The zero-order valence-electron chi connectivity index (χ0n) is 10.9. The molecule has 0 amide bonds. The van der Waals surface area contributed by atoms with Gasteiger partial charge in [-0.05, 0) is 31.4 Å².